The summed E-state index contributed by atoms with van der Waals surface area (Å²) in [6.45, 7) is 1.43. The average Bonchev–Trinajstić information content (AvgIpc) is 3.41. The Kier molecular flexibility index (Phi) is 5.91. The molecule has 4 rings (SSSR count). The molecule has 1 aromatic carbocycles. The number of carbonyl (C=O) groups is 1. The third kappa shape index (κ3) is 4.45. The number of aromatic nitrogens is 5. The van der Waals surface area contributed by atoms with E-state index in [9.17, 15) is 18.0 Å². The molecule has 0 atom stereocenters. The number of anilines is 1. The molecule has 0 unspecified atom stereocenters. The molecule has 4 aromatic rings. The Labute approximate surface area is 190 Å². The van der Waals surface area contributed by atoms with Crippen LogP contribution in [-0.4, -0.2) is 35.6 Å². The smallest absolute Gasteiger partial charge is 0.392 e. The Morgan fingerprint density at radius 2 is 1.94 bits per heavy atom. The van der Waals surface area contributed by atoms with E-state index in [1.165, 1.54) is 35.4 Å². The molecule has 0 radical (unpaired) electrons. The zero-order valence-corrected chi connectivity index (χ0v) is 17.8. The lowest BCUT2D eigenvalue weighted by Crippen LogP contribution is -2.21. The number of amides is 1. The lowest BCUT2D eigenvalue weighted by molar-refractivity contribution is -0.143. The molecular weight excluding hydrogens is 461 g/mol. The molecule has 0 saturated carbocycles. The first kappa shape index (κ1) is 22.5. The standard InChI is InChI=1S/C21H16ClF3N6O2/c1-12-4-2-3-5-17(12)31-18(21(23,24)25)15(9-28-31)20(33)29-14-6-16(22)19(26-8-14)30-10-13(11-32)7-27-30/h2-10,32H,11H2,1H3,(H,29,33). The van der Waals surface area contributed by atoms with Crippen LogP contribution in [0.2, 0.25) is 5.02 Å². The third-order valence-corrected chi connectivity index (χ3v) is 5.02. The molecule has 12 heteroatoms. The second-order valence-corrected chi connectivity index (χ2v) is 7.44. The van der Waals surface area contributed by atoms with Crippen molar-refractivity contribution in [3.05, 3.63) is 82.5 Å². The van der Waals surface area contributed by atoms with Crippen molar-refractivity contribution in [3.8, 4) is 11.5 Å². The van der Waals surface area contributed by atoms with Crippen LogP contribution in [0.15, 0.2) is 55.1 Å². The van der Waals surface area contributed by atoms with Gasteiger partial charge >= 0.3 is 6.18 Å². The Morgan fingerprint density at radius 1 is 1.18 bits per heavy atom. The van der Waals surface area contributed by atoms with E-state index in [0.717, 1.165) is 6.20 Å². The van der Waals surface area contributed by atoms with Crippen molar-refractivity contribution in [2.24, 2.45) is 0 Å². The molecule has 0 saturated heterocycles. The Hall–Kier alpha value is -3.70. The highest BCUT2D eigenvalue weighted by atomic mass is 35.5. The van der Waals surface area contributed by atoms with Crippen LogP contribution in [0.25, 0.3) is 11.5 Å². The van der Waals surface area contributed by atoms with Crippen molar-refractivity contribution in [1.82, 2.24) is 24.5 Å². The summed E-state index contributed by atoms with van der Waals surface area (Å²) in [6.07, 6.45) is 0.211. The van der Waals surface area contributed by atoms with Crippen molar-refractivity contribution in [1.29, 1.82) is 0 Å². The number of halogens is 4. The van der Waals surface area contributed by atoms with E-state index in [4.69, 9.17) is 16.7 Å². The minimum absolute atomic E-state index is 0.0834. The van der Waals surface area contributed by atoms with Gasteiger partial charge in [0.15, 0.2) is 11.5 Å². The fraction of sp³-hybridized carbons (Fsp3) is 0.143. The number of aliphatic hydroxyl groups excluding tert-OH is 1. The number of para-hydroxylation sites is 1. The lowest BCUT2D eigenvalue weighted by atomic mass is 10.1. The Morgan fingerprint density at radius 3 is 2.58 bits per heavy atom. The number of hydrogen-bond donors (Lipinski definition) is 2. The van der Waals surface area contributed by atoms with Crippen LogP contribution < -0.4 is 5.32 Å². The van der Waals surface area contributed by atoms with Crippen molar-refractivity contribution >= 4 is 23.2 Å². The van der Waals surface area contributed by atoms with Gasteiger partial charge in [0, 0.05) is 11.8 Å². The van der Waals surface area contributed by atoms with Gasteiger partial charge in [-0.1, -0.05) is 29.8 Å². The quantitative estimate of drug-likeness (QED) is 0.450. The van der Waals surface area contributed by atoms with E-state index in [1.807, 2.05) is 0 Å². The van der Waals surface area contributed by atoms with Gasteiger partial charge in [0.1, 0.15) is 0 Å². The van der Waals surface area contributed by atoms with Crippen LogP contribution in [0.5, 0.6) is 0 Å². The second-order valence-electron chi connectivity index (χ2n) is 7.04. The fourth-order valence-electron chi connectivity index (χ4n) is 3.19. The number of pyridine rings is 1. The molecule has 0 fully saturated rings. The van der Waals surface area contributed by atoms with E-state index in [0.29, 0.717) is 15.8 Å². The molecule has 0 spiro atoms. The average molecular weight is 477 g/mol. The molecule has 0 aliphatic carbocycles. The molecule has 8 nitrogen and oxygen atoms in total. The van der Waals surface area contributed by atoms with Crippen LogP contribution in [0, 0.1) is 6.92 Å². The van der Waals surface area contributed by atoms with Gasteiger partial charge in [-0.2, -0.15) is 23.4 Å². The highest BCUT2D eigenvalue weighted by Gasteiger charge is 2.40. The van der Waals surface area contributed by atoms with Crippen molar-refractivity contribution in [2.45, 2.75) is 19.7 Å². The van der Waals surface area contributed by atoms with Gasteiger partial charge in [0.05, 0.1) is 47.2 Å². The summed E-state index contributed by atoms with van der Waals surface area (Å²) >= 11 is 6.22. The number of rotatable bonds is 5. The highest BCUT2D eigenvalue weighted by Crippen LogP contribution is 2.34. The number of aliphatic hydroxyl groups is 1. The largest absolute Gasteiger partial charge is 0.434 e. The number of nitrogens with zero attached hydrogens (tertiary/aromatic N) is 5. The van der Waals surface area contributed by atoms with Gasteiger partial charge in [-0.05, 0) is 24.6 Å². The van der Waals surface area contributed by atoms with E-state index >= 15 is 0 Å². The fourth-order valence-corrected chi connectivity index (χ4v) is 3.45. The summed E-state index contributed by atoms with van der Waals surface area (Å²) in [6, 6.07) is 7.75. The molecule has 33 heavy (non-hydrogen) atoms. The third-order valence-electron chi connectivity index (χ3n) is 4.74. The van der Waals surface area contributed by atoms with Crippen LogP contribution in [0.4, 0.5) is 18.9 Å². The maximum absolute atomic E-state index is 13.9. The Bertz CT molecular complexity index is 1330. The monoisotopic (exact) mass is 476 g/mol. The molecule has 3 heterocycles. The summed E-state index contributed by atoms with van der Waals surface area (Å²) in [7, 11) is 0. The van der Waals surface area contributed by atoms with Gasteiger partial charge < -0.3 is 10.4 Å². The molecule has 0 aliphatic rings. The van der Waals surface area contributed by atoms with Crippen molar-refractivity contribution in [3.63, 3.8) is 0 Å². The van der Waals surface area contributed by atoms with Crippen LogP contribution in [0.1, 0.15) is 27.2 Å². The van der Waals surface area contributed by atoms with Gasteiger partial charge in [-0.15, -0.1) is 0 Å². The van der Waals surface area contributed by atoms with Gasteiger partial charge in [0.2, 0.25) is 0 Å². The van der Waals surface area contributed by atoms with E-state index in [2.05, 4.69) is 20.5 Å². The number of alkyl halides is 3. The first-order valence-corrected chi connectivity index (χ1v) is 9.89. The summed E-state index contributed by atoms with van der Waals surface area (Å²) < 4.78 is 43.7. The van der Waals surface area contributed by atoms with Gasteiger partial charge in [-0.3, -0.25) is 4.79 Å². The maximum Gasteiger partial charge on any atom is 0.434 e. The summed E-state index contributed by atoms with van der Waals surface area (Å²) in [5.74, 6) is -0.799. The molecule has 0 bridgehead atoms. The van der Waals surface area contributed by atoms with E-state index in [-0.39, 0.29) is 28.8 Å². The SMILES string of the molecule is Cc1ccccc1-n1ncc(C(=O)Nc2cnc(-n3cc(CO)cn3)c(Cl)c2)c1C(F)(F)F. The van der Waals surface area contributed by atoms with Gasteiger partial charge in [-0.25, -0.2) is 14.3 Å². The first-order chi connectivity index (χ1) is 15.7. The maximum atomic E-state index is 13.9. The predicted octanol–water partition coefficient (Wildman–Crippen LogP) is 4.18. The minimum Gasteiger partial charge on any atom is -0.392 e. The van der Waals surface area contributed by atoms with Gasteiger partial charge in [0.25, 0.3) is 5.91 Å². The molecule has 170 valence electrons. The van der Waals surface area contributed by atoms with Crippen LogP contribution in [-0.2, 0) is 12.8 Å². The Balaban J connectivity index is 1.65. The zero-order chi connectivity index (χ0) is 23.8. The highest BCUT2D eigenvalue weighted by molar-refractivity contribution is 6.32. The molecular formula is C21H16ClF3N6O2. The summed E-state index contributed by atoms with van der Waals surface area (Å²) in [5.41, 5.74) is -0.452. The topological polar surface area (TPSA) is 97.9 Å². The van der Waals surface area contributed by atoms with Crippen LogP contribution in [0.3, 0.4) is 0 Å². The van der Waals surface area contributed by atoms with E-state index in [1.54, 1.807) is 25.1 Å². The summed E-state index contributed by atoms with van der Waals surface area (Å²) in [4.78, 5) is 16.8. The van der Waals surface area contributed by atoms with Crippen molar-refractivity contribution in [2.75, 3.05) is 5.32 Å². The normalized spacial score (nSPS) is 11.6. The minimum atomic E-state index is -4.84. The predicted molar refractivity (Wildman–Crippen MR) is 114 cm³/mol. The number of nitrogens with one attached hydrogen (secondary N) is 1. The second kappa shape index (κ2) is 8.68. The molecule has 3 aromatic heterocycles. The number of hydrogen-bond acceptors (Lipinski definition) is 5. The van der Waals surface area contributed by atoms with E-state index < -0.39 is 23.3 Å². The molecule has 0 aliphatic heterocycles. The zero-order valence-electron chi connectivity index (χ0n) is 17.0. The van der Waals surface area contributed by atoms with Crippen molar-refractivity contribution < 1.29 is 23.1 Å². The number of benzene rings is 1. The first-order valence-electron chi connectivity index (χ1n) is 9.52. The number of aryl methyl sites for hydroxylation is 1. The molecule has 1 amide bonds. The summed E-state index contributed by atoms with van der Waals surface area (Å²) in [5, 5.41) is 19.5. The lowest BCUT2D eigenvalue weighted by Gasteiger charge is -2.14. The van der Waals surface area contributed by atoms with Crippen LogP contribution >= 0.6 is 11.6 Å². The molecule has 2 N–H and O–H groups in total. The number of carbonyl (C=O) groups excluding carboxylic acids is 1.